The van der Waals surface area contributed by atoms with Gasteiger partial charge < -0.3 is 29.9 Å². The average molecular weight is 220 g/mol. The van der Waals surface area contributed by atoms with Crippen molar-refractivity contribution in [3.05, 3.63) is 12.7 Å². The highest BCUT2D eigenvalue weighted by atomic mass is 16.7. The fourth-order valence-corrected chi connectivity index (χ4v) is 1.39. The van der Waals surface area contributed by atoms with Gasteiger partial charge in [0.15, 0.2) is 6.29 Å². The van der Waals surface area contributed by atoms with Crippen molar-refractivity contribution in [2.24, 2.45) is 0 Å². The Balaban J connectivity index is 2.54. The molecule has 1 aliphatic heterocycles. The molecule has 1 fully saturated rings. The standard InChI is InChI=1S/C9H16O6/c1-2-3-14-9-7(13)6(12)8(15-9)5(11)4-10/h2,5-13H,1,3-4H2/t5-,6-,7+,8+,9-/m0/s1. The summed E-state index contributed by atoms with van der Waals surface area (Å²) in [7, 11) is 0. The molecule has 0 aromatic heterocycles. The van der Waals surface area contributed by atoms with E-state index in [9.17, 15) is 15.3 Å². The van der Waals surface area contributed by atoms with Crippen LogP contribution >= 0.6 is 0 Å². The van der Waals surface area contributed by atoms with Crippen molar-refractivity contribution in [3.8, 4) is 0 Å². The van der Waals surface area contributed by atoms with Crippen LogP contribution in [0.5, 0.6) is 0 Å². The lowest BCUT2D eigenvalue weighted by Crippen LogP contribution is -2.40. The zero-order valence-electron chi connectivity index (χ0n) is 8.19. The molecule has 88 valence electrons. The van der Waals surface area contributed by atoms with Gasteiger partial charge in [-0.2, -0.15) is 0 Å². The van der Waals surface area contributed by atoms with E-state index in [2.05, 4.69) is 6.58 Å². The third kappa shape index (κ3) is 2.75. The summed E-state index contributed by atoms with van der Waals surface area (Å²) in [5.74, 6) is 0. The molecule has 0 bridgehead atoms. The van der Waals surface area contributed by atoms with Gasteiger partial charge in [0.25, 0.3) is 0 Å². The van der Waals surface area contributed by atoms with Crippen LogP contribution in [0.25, 0.3) is 0 Å². The minimum Gasteiger partial charge on any atom is -0.394 e. The molecule has 0 aromatic carbocycles. The van der Waals surface area contributed by atoms with Crippen LogP contribution in [0.2, 0.25) is 0 Å². The maximum Gasteiger partial charge on any atom is 0.187 e. The lowest BCUT2D eigenvalue weighted by Gasteiger charge is -2.18. The van der Waals surface area contributed by atoms with Gasteiger partial charge in [-0.15, -0.1) is 6.58 Å². The Kier molecular flexibility index (Phi) is 4.65. The first-order chi connectivity index (χ1) is 7.11. The van der Waals surface area contributed by atoms with Crippen molar-refractivity contribution in [1.82, 2.24) is 0 Å². The normalized spacial score (nSPS) is 37.9. The van der Waals surface area contributed by atoms with Crippen LogP contribution in [0, 0.1) is 0 Å². The maximum atomic E-state index is 9.48. The molecule has 0 aliphatic carbocycles. The SMILES string of the molecule is C=CCO[C@H]1O[C@H]([C@@H](O)CO)[C@@H](O)[C@H]1O. The van der Waals surface area contributed by atoms with Crippen molar-refractivity contribution in [2.75, 3.05) is 13.2 Å². The van der Waals surface area contributed by atoms with Crippen molar-refractivity contribution in [3.63, 3.8) is 0 Å². The van der Waals surface area contributed by atoms with Gasteiger partial charge >= 0.3 is 0 Å². The summed E-state index contributed by atoms with van der Waals surface area (Å²) in [6.45, 7) is 3.03. The fourth-order valence-electron chi connectivity index (χ4n) is 1.39. The highest BCUT2D eigenvalue weighted by Crippen LogP contribution is 2.24. The Labute approximate surface area is 87.4 Å². The molecule has 6 heteroatoms. The molecule has 1 saturated heterocycles. The van der Waals surface area contributed by atoms with Crippen LogP contribution in [0.3, 0.4) is 0 Å². The van der Waals surface area contributed by atoms with Crippen LogP contribution in [0.1, 0.15) is 0 Å². The van der Waals surface area contributed by atoms with Gasteiger partial charge in [-0.05, 0) is 0 Å². The third-order valence-electron chi connectivity index (χ3n) is 2.20. The summed E-state index contributed by atoms with van der Waals surface area (Å²) in [5.41, 5.74) is 0. The number of ether oxygens (including phenoxy) is 2. The summed E-state index contributed by atoms with van der Waals surface area (Å²) in [4.78, 5) is 0. The number of aliphatic hydroxyl groups excluding tert-OH is 4. The highest BCUT2D eigenvalue weighted by Gasteiger charge is 2.46. The Morgan fingerprint density at radius 1 is 1.40 bits per heavy atom. The first-order valence-electron chi connectivity index (χ1n) is 4.64. The molecule has 0 aromatic rings. The summed E-state index contributed by atoms with van der Waals surface area (Å²) in [6, 6.07) is 0. The molecule has 15 heavy (non-hydrogen) atoms. The van der Waals surface area contributed by atoms with Gasteiger partial charge in [0, 0.05) is 0 Å². The number of hydrogen-bond donors (Lipinski definition) is 4. The number of aliphatic hydroxyl groups is 4. The van der Waals surface area contributed by atoms with E-state index in [1.54, 1.807) is 0 Å². The van der Waals surface area contributed by atoms with Crippen molar-refractivity contribution >= 4 is 0 Å². The average Bonchev–Trinajstić information content (AvgIpc) is 2.53. The summed E-state index contributed by atoms with van der Waals surface area (Å²) < 4.78 is 10.1. The molecule has 0 saturated carbocycles. The quantitative estimate of drug-likeness (QED) is 0.399. The lowest BCUT2D eigenvalue weighted by atomic mass is 10.1. The van der Waals surface area contributed by atoms with Crippen LogP contribution in [-0.2, 0) is 9.47 Å². The highest BCUT2D eigenvalue weighted by molar-refractivity contribution is 4.90. The van der Waals surface area contributed by atoms with Crippen molar-refractivity contribution < 1.29 is 29.9 Å². The molecule has 0 spiro atoms. The molecule has 5 atom stereocenters. The summed E-state index contributed by atoms with van der Waals surface area (Å²) in [5, 5.41) is 36.9. The van der Waals surface area contributed by atoms with Gasteiger partial charge in [-0.1, -0.05) is 6.08 Å². The molecule has 6 nitrogen and oxygen atoms in total. The number of rotatable bonds is 5. The Bertz CT molecular complexity index is 209. The third-order valence-corrected chi connectivity index (χ3v) is 2.20. The van der Waals surface area contributed by atoms with Gasteiger partial charge in [0.1, 0.15) is 24.4 Å². The van der Waals surface area contributed by atoms with E-state index in [0.717, 1.165) is 0 Å². The van der Waals surface area contributed by atoms with Crippen molar-refractivity contribution in [1.29, 1.82) is 0 Å². The molecular formula is C9H16O6. The molecule has 0 unspecified atom stereocenters. The zero-order valence-corrected chi connectivity index (χ0v) is 8.19. The fraction of sp³-hybridized carbons (Fsp3) is 0.778. The van der Waals surface area contributed by atoms with Crippen LogP contribution < -0.4 is 0 Å². The molecular weight excluding hydrogens is 204 g/mol. The number of hydrogen-bond acceptors (Lipinski definition) is 6. The molecule has 1 aliphatic rings. The van der Waals surface area contributed by atoms with E-state index in [-0.39, 0.29) is 6.61 Å². The van der Waals surface area contributed by atoms with E-state index in [1.165, 1.54) is 6.08 Å². The minimum absolute atomic E-state index is 0.163. The smallest absolute Gasteiger partial charge is 0.187 e. The monoisotopic (exact) mass is 220 g/mol. The van der Waals surface area contributed by atoms with Crippen LogP contribution in [-0.4, -0.2) is 64.3 Å². The molecule has 1 rings (SSSR count). The summed E-state index contributed by atoms with van der Waals surface area (Å²) >= 11 is 0. The predicted molar refractivity (Wildman–Crippen MR) is 49.9 cm³/mol. The van der Waals surface area contributed by atoms with Gasteiger partial charge in [-0.25, -0.2) is 0 Å². The molecule has 0 radical (unpaired) electrons. The maximum absolute atomic E-state index is 9.48. The van der Waals surface area contributed by atoms with E-state index >= 15 is 0 Å². The topological polar surface area (TPSA) is 99.4 Å². The Morgan fingerprint density at radius 2 is 2.07 bits per heavy atom. The van der Waals surface area contributed by atoms with Gasteiger partial charge in [0.05, 0.1) is 13.2 Å². The van der Waals surface area contributed by atoms with Crippen LogP contribution in [0.4, 0.5) is 0 Å². The predicted octanol–water partition coefficient (Wildman–Crippen LogP) is -2.01. The largest absolute Gasteiger partial charge is 0.394 e. The second kappa shape index (κ2) is 5.55. The molecule has 4 N–H and O–H groups in total. The van der Waals surface area contributed by atoms with E-state index in [1.807, 2.05) is 0 Å². The van der Waals surface area contributed by atoms with Gasteiger partial charge in [-0.3, -0.25) is 0 Å². The van der Waals surface area contributed by atoms with Crippen molar-refractivity contribution in [2.45, 2.75) is 30.7 Å². The Morgan fingerprint density at radius 3 is 2.60 bits per heavy atom. The lowest BCUT2D eigenvalue weighted by molar-refractivity contribution is -0.175. The van der Waals surface area contributed by atoms with E-state index in [4.69, 9.17) is 14.6 Å². The first-order valence-corrected chi connectivity index (χ1v) is 4.64. The minimum atomic E-state index is -1.28. The Hall–Kier alpha value is -0.500. The summed E-state index contributed by atoms with van der Waals surface area (Å²) in [6.07, 6.45) is -4.34. The first kappa shape index (κ1) is 12.6. The second-order valence-corrected chi connectivity index (χ2v) is 3.32. The van der Waals surface area contributed by atoms with Gasteiger partial charge in [0.2, 0.25) is 0 Å². The van der Waals surface area contributed by atoms with E-state index < -0.39 is 37.3 Å². The van der Waals surface area contributed by atoms with Crippen LogP contribution in [0.15, 0.2) is 12.7 Å². The second-order valence-electron chi connectivity index (χ2n) is 3.32. The van der Waals surface area contributed by atoms with E-state index in [0.29, 0.717) is 0 Å². The zero-order chi connectivity index (χ0) is 11.4. The molecule has 0 amide bonds. The molecule has 1 heterocycles.